The maximum Gasteiger partial charge on any atom is 0.242 e. The fraction of sp³-hybridized carbons (Fsp3) is 0.571. The lowest BCUT2D eigenvalue weighted by atomic mass is 10.00. The van der Waals surface area contributed by atoms with E-state index in [2.05, 4.69) is 44.4 Å². The standard InChI is InChI=1S/C28H40N2O3S/c1-7-21(6)30(27(31)16-19(2)3)17-28(32)29-14-12-26-24(13-15-34-26)25(29)18-33-23-10-8-22(9-11-23)20(4)5/h8-11,13,15,19-21,25H,7,12,14,16-18H2,1-6H3. The molecule has 2 amide bonds. The third-order valence-electron chi connectivity index (χ3n) is 6.70. The summed E-state index contributed by atoms with van der Waals surface area (Å²) in [7, 11) is 0. The molecule has 1 aliphatic rings. The van der Waals surface area contributed by atoms with E-state index in [1.165, 1.54) is 16.0 Å². The SMILES string of the molecule is CCC(C)N(CC(=O)N1CCc2sccc2C1COc1ccc(C(C)C)cc1)C(=O)CC(C)C. The Kier molecular flexibility index (Phi) is 9.17. The third kappa shape index (κ3) is 6.41. The van der Waals surface area contributed by atoms with E-state index in [9.17, 15) is 9.59 Å². The Bertz CT molecular complexity index is 951. The van der Waals surface area contributed by atoms with Crippen LogP contribution in [0.5, 0.6) is 5.75 Å². The second kappa shape index (κ2) is 11.9. The van der Waals surface area contributed by atoms with Crippen molar-refractivity contribution in [1.29, 1.82) is 0 Å². The molecule has 6 heteroatoms. The van der Waals surface area contributed by atoms with Crippen molar-refractivity contribution in [1.82, 2.24) is 9.80 Å². The third-order valence-corrected chi connectivity index (χ3v) is 7.70. The molecule has 1 aromatic carbocycles. The van der Waals surface area contributed by atoms with Gasteiger partial charge in [-0.15, -0.1) is 11.3 Å². The van der Waals surface area contributed by atoms with Gasteiger partial charge >= 0.3 is 0 Å². The number of amides is 2. The van der Waals surface area contributed by atoms with Crippen molar-refractivity contribution in [2.45, 2.75) is 78.8 Å². The van der Waals surface area contributed by atoms with E-state index < -0.39 is 0 Å². The molecule has 0 spiro atoms. The predicted molar refractivity (Wildman–Crippen MR) is 139 cm³/mol. The van der Waals surface area contributed by atoms with Gasteiger partial charge in [-0.2, -0.15) is 0 Å². The van der Waals surface area contributed by atoms with Crippen LogP contribution < -0.4 is 4.74 Å². The number of hydrogen-bond donors (Lipinski definition) is 0. The highest BCUT2D eigenvalue weighted by molar-refractivity contribution is 7.10. The van der Waals surface area contributed by atoms with Crippen LogP contribution in [0.2, 0.25) is 0 Å². The van der Waals surface area contributed by atoms with E-state index in [1.807, 2.05) is 37.8 Å². The number of benzene rings is 1. The average molecular weight is 485 g/mol. The molecular weight excluding hydrogens is 444 g/mol. The van der Waals surface area contributed by atoms with Crippen LogP contribution in [0.3, 0.4) is 0 Å². The number of ether oxygens (including phenoxy) is 1. The maximum absolute atomic E-state index is 13.6. The molecule has 5 nitrogen and oxygen atoms in total. The highest BCUT2D eigenvalue weighted by atomic mass is 32.1. The number of hydrogen-bond acceptors (Lipinski definition) is 4. The Morgan fingerprint density at radius 2 is 1.82 bits per heavy atom. The Balaban J connectivity index is 1.76. The molecule has 0 radical (unpaired) electrons. The molecule has 0 bridgehead atoms. The summed E-state index contributed by atoms with van der Waals surface area (Å²) in [4.78, 5) is 31.5. The fourth-order valence-corrected chi connectivity index (χ4v) is 5.34. The van der Waals surface area contributed by atoms with Crippen molar-refractivity contribution >= 4 is 23.2 Å². The molecule has 0 saturated carbocycles. The Morgan fingerprint density at radius 3 is 2.44 bits per heavy atom. The van der Waals surface area contributed by atoms with E-state index in [-0.39, 0.29) is 36.4 Å². The lowest BCUT2D eigenvalue weighted by molar-refractivity contribution is -0.144. The van der Waals surface area contributed by atoms with E-state index in [4.69, 9.17) is 4.74 Å². The van der Waals surface area contributed by atoms with Crippen LogP contribution in [0.15, 0.2) is 35.7 Å². The lowest BCUT2D eigenvalue weighted by Gasteiger charge is -2.38. The van der Waals surface area contributed by atoms with Crippen LogP contribution in [0.25, 0.3) is 0 Å². The molecule has 186 valence electrons. The summed E-state index contributed by atoms with van der Waals surface area (Å²) in [5.74, 6) is 1.61. The van der Waals surface area contributed by atoms with Gasteiger partial charge in [-0.25, -0.2) is 0 Å². The number of carbonyl (C=O) groups excluding carboxylic acids is 2. The predicted octanol–water partition coefficient (Wildman–Crippen LogP) is 6.05. The number of fused-ring (bicyclic) bond motifs is 1. The second-order valence-electron chi connectivity index (χ2n) is 10.1. The molecule has 2 unspecified atom stereocenters. The summed E-state index contributed by atoms with van der Waals surface area (Å²) >= 11 is 1.75. The minimum Gasteiger partial charge on any atom is -0.491 e. The van der Waals surface area contributed by atoms with Crippen molar-refractivity contribution in [3.63, 3.8) is 0 Å². The smallest absolute Gasteiger partial charge is 0.242 e. The van der Waals surface area contributed by atoms with Gasteiger partial charge in [0.05, 0.1) is 6.04 Å². The average Bonchev–Trinajstić information content (AvgIpc) is 3.29. The topological polar surface area (TPSA) is 49.9 Å². The molecular formula is C28H40N2O3S. The fourth-order valence-electron chi connectivity index (χ4n) is 4.41. The van der Waals surface area contributed by atoms with Crippen molar-refractivity contribution in [3.05, 3.63) is 51.7 Å². The number of carbonyl (C=O) groups is 2. The summed E-state index contributed by atoms with van der Waals surface area (Å²) in [6.45, 7) is 13.7. The highest BCUT2D eigenvalue weighted by Crippen LogP contribution is 2.34. The summed E-state index contributed by atoms with van der Waals surface area (Å²) in [6.07, 6.45) is 2.14. The quantitative estimate of drug-likeness (QED) is 0.412. The van der Waals surface area contributed by atoms with Gasteiger partial charge in [-0.05, 0) is 66.3 Å². The van der Waals surface area contributed by atoms with E-state index >= 15 is 0 Å². The Morgan fingerprint density at radius 1 is 1.12 bits per heavy atom. The van der Waals surface area contributed by atoms with Crippen molar-refractivity contribution < 1.29 is 14.3 Å². The van der Waals surface area contributed by atoms with Crippen molar-refractivity contribution in [2.24, 2.45) is 5.92 Å². The normalized spacial score (nSPS) is 16.5. The van der Waals surface area contributed by atoms with Crippen molar-refractivity contribution in [2.75, 3.05) is 19.7 Å². The first-order valence-corrected chi connectivity index (χ1v) is 13.5. The first-order valence-electron chi connectivity index (χ1n) is 12.6. The van der Waals surface area contributed by atoms with Crippen LogP contribution in [-0.2, 0) is 16.0 Å². The molecule has 0 N–H and O–H groups in total. The summed E-state index contributed by atoms with van der Waals surface area (Å²) in [5, 5.41) is 2.10. The van der Waals surface area contributed by atoms with Gasteiger partial charge in [0, 0.05) is 23.9 Å². The minimum absolute atomic E-state index is 0.00184. The Hall–Kier alpha value is -2.34. The van der Waals surface area contributed by atoms with Crippen LogP contribution in [0, 0.1) is 5.92 Å². The molecule has 34 heavy (non-hydrogen) atoms. The monoisotopic (exact) mass is 484 g/mol. The van der Waals surface area contributed by atoms with Crippen LogP contribution in [-0.4, -0.2) is 47.4 Å². The van der Waals surface area contributed by atoms with E-state index in [1.54, 1.807) is 16.2 Å². The highest BCUT2D eigenvalue weighted by Gasteiger charge is 2.34. The molecule has 2 aromatic rings. The zero-order chi connectivity index (χ0) is 24.8. The molecule has 0 aliphatic carbocycles. The van der Waals surface area contributed by atoms with E-state index in [0.29, 0.717) is 25.5 Å². The molecule has 2 atom stereocenters. The first-order chi connectivity index (χ1) is 16.2. The van der Waals surface area contributed by atoms with Crippen LogP contribution in [0.1, 0.15) is 82.3 Å². The Labute approximate surface area is 209 Å². The van der Waals surface area contributed by atoms with E-state index in [0.717, 1.165) is 18.6 Å². The number of thiophene rings is 1. The van der Waals surface area contributed by atoms with Gasteiger partial charge in [-0.1, -0.05) is 46.8 Å². The number of rotatable bonds is 10. The molecule has 3 rings (SSSR count). The van der Waals surface area contributed by atoms with Gasteiger partial charge in [0.1, 0.15) is 18.9 Å². The molecule has 1 aromatic heterocycles. The van der Waals surface area contributed by atoms with Gasteiger partial charge in [-0.3, -0.25) is 9.59 Å². The molecule has 2 heterocycles. The summed E-state index contributed by atoms with van der Waals surface area (Å²) < 4.78 is 6.19. The second-order valence-corrected chi connectivity index (χ2v) is 11.1. The minimum atomic E-state index is -0.147. The van der Waals surface area contributed by atoms with Gasteiger partial charge < -0.3 is 14.5 Å². The largest absolute Gasteiger partial charge is 0.491 e. The molecule has 1 aliphatic heterocycles. The van der Waals surface area contributed by atoms with Crippen molar-refractivity contribution in [3.8, 4) is 5.75 Å². The zero-order valence-electron chi connectivity index (χ0n) is 21.5. The summed E-state index contributed by atoms with van der Waals surface area (Å²) in [6, 6.07) is 10.2. The lowest BCUT2D eigenvalue weighted by Crippen LogP contribution is -2.50. The number of nitrogens with zero attached hydrogens (tertiary/aromatic N) is 2. The van der Waals surface area contributed by atoms with Gasteiger partial charge in [0.2, 0.25) is 11.8 Å². The van der Waals surface area contributed by atoms with Crippen LogP contribution in [0.4, 0.5) is 0 Å². The molecule has 0 fully saturated rings. The maximum atomic E-state index is 13.6. The van der Waals surface area contributed by atoms with Gasteiger partial charge in [0.25, 0.3) is 0 Å². The first kappa shape index (κ1) is 26.3. The summed E-state index contributed by atoms with van der Waals surface area (Å²) in [5.41, 5.74) is 2.45. The molecule has 0 saturated heterocycles. The van der Waals surface area contributed by atoms with Crippen LogP contribution >= 0.6 is 11.3 Å². The van der Waals surface area contributed by atoms with Gasteiger partial charge in [0.15, 0.2) is 0 Å². The zero-order valence-corrected chi connectivity index (χ0v) is 22.4.